The molecule has 74 valence electrons. The van der Waals surface area contributed by atoms with Crippen molar-refractivity contribution in [2.24, 2.45) is 0 Å². The fourth-order valence-electron chi connectivity index (χ4n) is 1.12. The van der Waals surface area contributed by atoms with Gasteiger partial charge in [0.1, 0.15) is 17.6 Å². The normalized spacial score (nSPS) is 14.2. The lowest BCUT2D eigenvalue weighted by Gasteiger charge is -2.17. The standard InChI is InChI=1S/C10H10FNO2/c1-10(13,6-12)8-5-7(11)3-4-9(8)14-2/h3-5,13H,1-2H3. The van der Waals surface area contributed by atoms with Crippen LogP contribution in [0.25, 0.3) is 0 Å². The third-order valence-electron chi connectivity index (χ3n) is 1.90. The molecule has 1 atom stereocenters. The van der Waals surface area contributed by atoms with E-state index in [-0.39, 0.29) is 11.3 Å². The van der Waals surface area contributed by atoms with E-state index in [4.69, 9.17) is 10.00 Å². The highest BCUT2D eigenvalue weighted by Crippen LogP contribution is 2.29. The summed E-state index contributed by atoms with van der Waals surface area (Å²) in [6.45, 7) is 1.28. The zero-order valence-electron chi connectivity index (χ0n) is 7.91. The fraction of sp³-hybridized carbons (Fsp3) is 0.300. The molecule has 0 aliphatic rings. The number of aliphatic hydroxyl groups is 1. The van der Waals surface area contributed by atoms with E-state index in [1.165, 1.54) is 26.2 Å². The molecule has 1 aromatic carbocycles. The second-order valence-electron chi connectivity index (χ2n) is 3.03. The van der Waals surface area contributed by atoms with Gasteiger partial charge in [0.2, 0.25) is 0 Å². The molecule has 4 heteroatoms. The van der Waals surface area contributed by atoms with E-state index in [0.717, 1.165) is 6.07 Å². The lowest BCUT2D eigenvalue weighted by molar-refractivity contribution is 0.115. The largest absolute Gasteiger partial charge is 0.496 e. The number of halogens is 1. The van der Waals surface area contributed by atoms with Crippen LogP contribution in [0.1, 0.15) is 12.5 Å². The summed E-state index contributed by atoms with van der Waals surface area (Å²) in [6, 6.07) is 5.33. The third kappa shape index (κ3) is 1.83. The summed E-state index contributed by atoms with van der Waals surface area (Å²) >= 11 is 0. The molecule has 0 amide bonds. The maximum absolute atomic E-state index is 12.9. The molecular formula is C10H10FNO2. The van der Waals surface area contributed by atoms with Crippen LogP contribution in [0.5, 0.6) is 5.75 Å². The first-order chi connectivity index (χ1) is 6.51. The van der Waals surface area contributed by atoms with Gasteiger partial charge in [-0.2, -0.15) is 5.26 Å². The van der Waals surface area contributed by atoms with Gasteiger partial charge in [-0.25, -0.2) is 4.39 Å². The van der Waals surface area contributed by atoms with Gasteiger partial charge in [0, 0.05) is 5.56 Å². The highest BCUT2D eigenvalue weighted by molar-refractivity contribution is 5.41. The molecule has 1 rings (SSSR count). The molecule has 0 aromatic heterocycles. The molecule has 1 N–H and O–H groups in total. The molecule has 1 unspecified atom stereocenters. The van der Waals surface area contributed by atoms with Crippen molar-refractivity contribution in [2.45, 2.75) is 12.5 Å². The molecule has 3 nitrogen and oxygen atoms in total. The first kappa shape index (κ1) is 10.5. The van der Waals surface area contributed by atoms with Gasteiger partial charge < -0.3 is 9.84 Å². The average Bonchev–Trinajstić information content (AvgIpc) is 2.18. The Bertz CT molecular complexity index is 382. The van der Waals surface area contributed by atoms with Crippen molar-refractivity contribution < 1.29 is 14.2 Å². The molecule has 14 heavy (non-hydrogen) atoms. The van der Waals surface area contributed by atoms with Crippen LogP contribution in [-0.2, 0) is 5.60 Å². The Kier molecular flexibility index (Phi) is 2.73. The maximum Gasteiger partial charge on any atom is 0.177 e. The van der Waals surface area contributed by atoms with Crippen molar-refractivity contribution in [1.82, 2.24) is 0 Å². The number of hydrogen-bond donors (Lipinski definition) is 1. The Morgan fingerprint density at radius 3 is 2.71 bits per heavy atom. The molecule has 0 heterocycles. The van der Waals surface area contributed by atoms with Crippen LogP contribution in [0.4, 0.5) is 4.39 Å². The Morgan fingerprint density at radius 1 is 1.57 bits per heavy atom. The Labute approximate surface area is 81.4 Å². The van der Waals surface area contributed by atoms with Crippen molar-refractivity contribution in [3.05, 3.63) is 29.6 Å². The van der Waals surface area contributed by atoms with Gasteiger partial charge in [-0.1, -0.05) is 0 Å². The van der Waals surface area contributed by atoms with Crippen LogP contribution in [0.15, 0.2) is 18.2 Å². The van der Waals surface area contributed by atoms with Crippen LogP contribution in [0.2, 0.25) is 0 Å². The Morgan fingerprint density at radius 2 is 2.21 bits per heavy atom. The Balaban J connectivity index is 3.32. The van der Waals surface area contributed by atoms with Gasteiger partial charge in [-0.3, -0.25) is 0 Å². The second kappa shape index (κ2) is 3.64. The van der Waals surface area contributed by atoms with Gasteiger partial charge in [-0.15, -0.1) is 0 Å². The summed E-state index contributed by atoms with van der Waals surface area (Å²) in [5.74, 6) is -0.228. The van der Waals surface area contributed by atoms with E-state index in [1.807, 2.05) is 0 Å². The quantitative estimate of drug-likeness (QED) is 0.728. The van der Waals surface area contributed by atoms with E-state index < -0.39 is 11.4 Å². The van der Waals surface area contributed by atoms with Crippen molar-refractivity contribution in [3.8, 4) is 11.8 Å². The minimum atomic E-state index is -1.74. The van der Waals surface area contributed by atoms with Crippen molar-refractivity contribution >= 4 is 0 Å². The van der Waals surface area contributed by atoms with Crippen LogP contribution in [0.3, 0.4) is 0 Å². The van der Waals surface area contributed by atoms with Gasteiger partial charge in [0.25, 0.3) is 0 Å². The van der Waals surface area contributed by atoms with Gasteiger partial charge in [-0.05, 0) is 25.1 Å². The smallest absolute Gasteiger partial charge is 0.177 e. The molecule has 0 aliphatic carbocycles. The molecule has 0 saturated heterocycles. The topological polar surface area (TPSA) is 53.2 Å². The molecule has 0 radical (unpaired) electrons. The lowest BCUT2D eigenvalue weighted by Crippen LogP contribution is -2.19. The zero-order chi connectivity index (χ0) is 10.8. The summed E-state index contributed by atoms with van der Waals surface area (Å²) in [5.41, 5.74) is -1.62. The van der Waals surface area contributed by atoms with Crippen molar-refractivity contribution in [3.63, 3.8) is 0 Å². The number of nitrogens with zero attached hydrogens (tertiary/aromatic N) is 1. The summed E-state index contributed by atoms with van der Waals surface area (Å²) in [4.78, 5) is 0. The summed E-state index contributed by atoms with van der Waals surface area (Å²) in [7, 11) is 1.39. The van der Waals surface area contributed by atoms with Gasteiger partial charge in [0.15, 0.2) is 5.60 Å². The average molecular weight is 195 g/mol. The van der Waals surface area contributed by atoms with Crippen LogP contribution in [-0.4, -0.2) is 12.2 Å². The predicted octanol–water partition coefficient (Wildman–Crippen LogP) is 1.57. The molecule has 0 bridgehead atoms. The van der Waals surface area contributed by atoms with Crippen molar-refractivity contribution in [2.75, 3.05) is 7.11 Å². The maximum atomic E-state index is 12.9. The molecule has 0 fully saturated rings. The number of rotatable bonds is 2. The third-order valence-corrected chi connectivity index (χ3v) is 1.90. The first-order valence-corrected chi connectivity index (χ1v) is 3.99. The molecular weight excluding hydrogens is 185 g/mol. The highest BCUT2D eigenvalue weighted by atomic mass is 19.1. The molecule has 0 aliphatic heterocycles. The number of ether oxygens (including phenoxy) is 1. The number of methoxy groups -OCH3 is 1. The molecule has 0 spiro atoms. The lowest BCUT2D eigenvalue weighted by atomic mass is 9.97. The van der Waals surface area contributed by atoms with E-state index >= 15 is 0 Å². The van der Waals surface area contributed by atoms with Crippen LogP contribution < -0.4 is 4.74 Å². The number of benzene rings is 1. The van der Waals surface area contributed by atoms with E-state index in [0.29, 0.717) is 0 Å². The minimum Gasteiger partial charge on any atom is -0.496 e. The Hall–Kier alpha value is -1.60. The highest BCUT2D eigenvalue weighted by Gasteiger charge is 2.26. The van der Waals surface area contributed by atoms with E-state index in [2.05, 4.69) is 0 Å². The minimum absolute atomic E-state index is 0.127. The second-order valence-corrected chi connectivity index (χ2v) is 3.03. The predicted molar refractivity (Wildman–Crippen MR) is 48.1 cm³/mol. The zero-order valence-corrected chi connectivity index (χ0v) is 7.91. The number of nitriles is 1. The summed E-state index contributed by atoms with van der Waals surface area (Å²) < 4.78 is 17.8. The first-order valence-electron chi connectivity index (χ1n) is 3.99. The van der Waals surface area contributed by atoms with Gasteiger partial charge >= 0.3 is 0 Å². The molecule has 0 saturated carbocycles. The number of hydrogen-bond acceptors (Lipinski definition) is 3. The van der Waals surface area contributed by atoms with E-state index in [9.17, 15) is 9.50 Å². The monoisotopic (exact) mass is 195 g/mol. The summed E-state index contributed by atoms with van der Waals surface area (Å²) in [5, 5.41) is 18.3. The molecule has 1 aromatic rings. The SMILES string of the molecule is COc1ccc(F)cc1C(C)(O)C#N. The van der Waals surface area contributed by atoms with Crippen LogP contribution in [0, 0.1) is 17.1 Å². The summed E-state index contributed by atoms with van der Waals surface area (Å²) in [6.07, 6.45) is 0. The fourth-order valence-corrected chi connectivity index (χ4v) is 1.12. The van der Waals surface area contributed by atoms with Crippen LogP contribution >= 0.6 is 0 Å². The van der Waals surface area contributed by atoms with Crippen molar-refractivity contribution in [1.29, 1.82) is 5.26 Å². The van der Waals surface area contributed by atoms with Gasteiger partial charge in [0.05, 0.1) is 7.11 Å². The van der Waals surface area contributed by atoms with E-state index in [1.54, 1.807) is 6.07 Å².